The van der Waals surface area contributed by atoms with Crippen molar-refractivity contribution in [2.75, 3.05) is 6.54 Å². The highest BCUT2D eigenvalue weighted by atomic mass is 32.2. The Bertz CT molecular complexity index is 970. The molecule has 0 aliphatic carbocycles. The van der Waals surface area contributed by atoms with Gasteiger partial charge in [-0.1, -0.05) is 0 Å². The molecule has 8 nitrogen and oxygen atoms in total. The van der Waals surface area contributed by atoms with Crippen molar-refractivity contribution in [3.63, 3.8) is 0 Å². The molecule has 3 rings (SSSR count). The van der Waals surface area contributed by atoms with Gasteiger partial charge in [0.2, 0.25) is 0 Å². The van der Waals surface area contributed by atoms with E-state index < -0.39 is 33.5 Å². The lowest BCUT2D eigenvalue weighted by molar-refractivity contribution is 0.0845. The molecule has 9 heteroatoms. The van der Waals surface area contributed by atoms with Crippen molar-refractivity contribution < 1.29 is 18.0 Å². The van der Waals surface area contributed by atoms with E-state index in [2.05, 4.69) is 21.5 Å². The molecule has 2 aliphatic rings. The van der Waals surface area contributed by atoms with Gasteiger partial charge in [0.15, 0.2) is 5.66 Å². The molecule has 2 amide bonds. The fourth-order valence-electron chi connectivity index (χ4n) is 3.05. The first-order valence-corrected chi connectivity index (χ1v) is 10.0. The maximum absolute atomic E-state index is 12.6. The zero-order valence-electron chi connectivity index (χ0n) is 15.1. The maximum atomic E-state index is 12.6. The van der Waals surface area contributed by atoms with E-state index >= 15 is 0 Å². The zero-order chi connectivity index (χ0) is 19.8. The number of nitrogens with zero attached hydrogens (tertiary/aromatic N) is 3. The highest BCUT2D eigenvalue weighted by Crippen LogP contribution is 2.36. The fraction of sp³-hybridized carbons (Fsp3) is 0.444. The van der Waals surface area contributed by atoms with Crippen molar-refractivity contribution in [2.24, 2.45) is 10.2 Å². The molecule has 0 bridgehead atoms. The van der Waals surface area contributed by atoms with Crippen LogP contribution in [0.4, 0.5) is 0 Å². The molecule has 2 aliphatic heterocycles. The molecule has 142 valence electrons. The summed E-state index contributed by atoms with van der Waals surface area (Å²) in [6, 6.07) is 3.58. The van der Waals surface area contributed by atoms with Crippen LogP contribution in [0.3, 0.4) is 0 Å². The van der Waals surface area contributed by atoms with Crippen molar-refractivity contribution >= 4 is 21.8 Å². The Hall–Kier alpha value is -2.73. The van der Waals surface area contributed by atoms with Gasteiger partial charge in [-0.2, -0.15) is 10.2 Å². The normalized spacial score (nSPS) is 18.3. The third-order valence-electron chi connectivity index (χ3n) is 4.54. The van der Waals surface area contributed by atoms with Gasteiger partial charge in [-0.25, -0.2) is 12.7 Å². The average Bonchev–Trinajstić information content (AvgIpc) is 3.34. The number of rotatable bonds is 7. The van der Waals surface area contributed by atoms with Crippen LogP contribution in [-0.4, -0.2) is 42.8 Å². The Kier molecular flexibility index (Phi) is 4.78. The van der Waals surface area contributed by atoms with Crippen molar-refractivity contribution in [3.8, 4) is 12.3 Å². The number of benzene rings is 1. The second kappa shape index (κ2) is 6.78. The molecule has 0 saturated carbocycles. The summed E-state index contributed by atoms with van der Waals surface area (Å²) < 4.78 is 26.0. The lowest BCUT2D eigenvalue weighted by Gasteiger charge is -2.18. The lowest BCUT2D eigenvalue weighted by Crippen LogP contribution is -2.36. The number of terminal acetylenes is 1. The molecule has 0 unspecified atom stereocenters. The number of carbonyl (C=O) groups is 2. The van der Waals surface area contributed by atoms with Gasteiger partial charge in [-0.3, -0.25) is 9.59 Å². The molecule has 0 radical (unpaired) electrons. The summed E-state index contributed by atoms with van der Waals surface area (Å²) in [6.45, 7) is 3.58. The summed E-state index contributed by atoms with van der Waals surface area (Å²) in [5.74, 6) is 1.55. The largest absolute Gasteiger partial charge is 0.352 e. The van der Waals surface area contributed by atoms with E-state index in [0.717, 1.165) is 4.31 Å². The molecule has 0 aromatic heterocycles. The van der Waals surface area contributed by atoms with Gasteiger partial charge in [0.05, 0.1) is 5.56 Å². The summed E-state index contributed by atoms with van der Waals surface area (Å²) in [5.41, 5.74) is -0.229. The summed E-state index contributed by atoms with van der Waals surface area (Å²) >= 11 is 0. The number of hydrogen-bond acceptors (Lipinski definition) is 6. The molecule has 2 heterocycles. The second-order valence-electron chi connectivity index (χ2n) is 6.80. The van der Waals surface area contributed by atoms with Crippen molar-refractivity contribution in [3.05, 3.63) is 29.3 Å². The predicted molar refractivity (Wildman–Crippen MR) is 97.5 cm³/mol. The lowest BCUT2D eigenvalue weighted by atomic mass is 10.0. The molecule has 1 aromatic carbocycles. The van der Waals surface area contributed by atoms with E-state index in [-0.39, 0.29) is 16.0 Å². The molecule has 0 saturated heterocycles. The first-order valence-electron chi connectivity index (χ1n) is 8.60. The minimum atomic E-state index is -3.94. The fourth-order valence-corrected chi connectivity index (χ4v) is 4.84. The third-order valence-corrected chi connectivity index (χ3v) is 6.54. The number of fused-ring (bicyclic) bond motifs is 1. The van der Waals surface area contributed by atoms with Crippen LogP contribution < -0.4 is 5.32 Å². The summed E-state index contributed by atoms with van der Waals surface area (Å²) in [5, 5.41) is 10.7. The molecule has 0 fully saturated rings. The monoisotopic (exact) mass is 388 g/mol. The Balaban J connectivity index is 1.70. The Labute approximate surface area is 158 Å². The highest BCUT2D eigenvalue weighted by molar-refractivity contribution is 7.90. The van der Waals surface area contributed by atoms with Gasteiger partial charge < -0.3 is 5.32 Å². The van der Waals surface area contributed by atoms with E-state index in [1.165, 1.54) is 18.2 Å². The molecule has 1 N–H and O–H groups in total. The second-order valence-corrected chi connectivity index (χ2v) is 8.59. The van der Waals surface area contributed by atoms with Crippen LogP contribution in [0.2, 0.25) is 0 Å². The molecular formula is C18H20N4O4S. The standard InChI is InChI=1S/C18H20N4O4S/c1-4-5-8-18(20-21-18)9-10-19-16(23)13-6-7-14-15(11-13)27(25,26)22(12(2)3)17(14)24/h1,6-7,11-12H,5,8-10H2,2-3H3,(H,19,23). The minimum Gasteiger partial charge on any atom is -0.352 e. The van der Waals surface area contributed by atoms with Gasteiger partial charge >= 0.3 is 0 Å². The van der Waals surface area contributed by atoms with Gasteiger partial charge in [0.1, 0.15) is 4.90 Å². The van der Waals surface area contributed by atoms with Gasteiger partial charge in [0.25, 0.3) is 21.8 Å². The van der Waals surface area contributed by atoms with Crippen LogP contribution in [0.1, 0.15) is 53.8 Å². The van der Waals surface area contributed by atoms with E-state index in [4.69, 9.17) is 6.42 Å². The molecule has 0 spiro atoms. The SMILES string of the molecule is C#CCCC1(CCNC(=O)c2ccc3c(c2)S(=O)(=O)N(C(C)C)C3=O)N=N1. The molecular weight excluding hydrogens is 368 g/mol. The highest BCUT2D eigenvalue weighted by Gasteiger charge is 2.43. The predicted octanol–water partition coefficient (Wildman–Crippen LogP) is 1.93. The van der Waals surface area contributed by atoms with Crippen LogP contribution in [-0.2, 0) is 10.0 Å². The van der Waals surface area contributed by atoms with E-state index in [9.17, 15) is 18.0 Å². The van der Waals surface area contributed by atoms with Crippen molar-refractivity contribution in [1.29, 1.82) is 0 Å². The van der Waals surface area contributed by atoms with Crippen LogP contribution >= 0.6 is 0 Å². The van der Waals surface area contributed by atoms with Crippen LogP contribution in [0, 0.1) is 12.3 Å². The molecule has 0 atom stereocenters. The van der Waals surface area contributed by atoms with Crippen LogP contribution in [0.15, 0.2) is 33.3 Å². The number of carbonyl (C=O) groups excluding carboxylic acids is 2. The van der Waals surface area contributed by atoms with E-state index in [1.807, 2.05) is 0 Å². The summed E-state index contributed by atoms with van der Waals surface area (Å²) in [7, 11) is -3.94. The first kappa shape index (κ1) is 19.0. The van der Waals surface area contributed by atoms with Crippen LogP contribution in [0.5, 0.6) is 0 Å². The Morgan fingerprint density at radius 1 is 1.33 bits per heavy atom. The third kappa shape index (κ3) is 3.45. The van der Waals surface area contributed by atoms with Crippen LogP contribution in [0.25, 0.3) is 0 Å². The van der Waals surface area contributed by atoms with Crippen molar-refractivity contribution in [1.82, 2.24) is 9.62 Å². The number of amides is 2. The number of nitrogens with one attached hydrogen (secondary N) is 1. The average molecular weight is 388 g/mol. The topological polar surface area (TPSA) is 108 Å². The minimum absolute atomic E-state index is 0.0871. The van der Waals surface area contributed by atoms with E-state index in [1.54, 1.807) is 13.8 Å². The summed E-state index contributed by atoms with van der Waals surface area (Å²) in [4.78, 5) is 24.6. The zero-order valence-corrected chi connectivity index (χ0v) is 15.9. The molecule has 1 aromatic rings. The van der Waals surface area contributed by atoms with Crippen molar-refractivity contribution in [2.45, 2.75) is 49.7 Å². The van der Waals surface area contributed by atoms with Gasteiger partial charge in [-0.15, -0.1) is 12.3 Å². The van der Waals surface area contributed by atoms with Gasteiger partial charge in [-0.05, 0) is 32.0 Å². The first-order chi connectivity index (χ1) is 12.7. The van der Waals surface area contributed by atoms with E-state index in [0.29, 0.717) is 25.8 Å². The maximum Gasteiger partial charge on any atom is 0.269 e. The summed E-state index contributed by atoms with van der Waals surface area (Å²) in [6.07, 6.45) is 6.97. The number of hydrogen-bond donors (Lipinski definition) is 1. The Morgan fingerprint density at radius 2 is 2.04 bits per heavy atom. The van der Waals surface area contributed by atoms with Gasteiger partial charge in [0, 0.05) is 37.4 Å². The Morgan fingerprint density at radius 3 is 2.63 bits per heavy atom. The molecule has 27 heavy (non-hydrogen) atoms. The quantitative estimate of drug-likeness (QED) is 0.720. The smallest absolute Gasteiger partial charge is 0.269 e. The number of sulfonamides is 1.